The standard InChI is InChI=1S/C14H26N2O/c1-11(2)9-12-5-4-8-16(10-12)14(17)13-6-3-7-15-13/h11-13,15H,3-10H2,1-2H3. The number of rotatable bonds is 3. The van der Waals surface area contributed by atoms with Crippen LogP contribution in [0.15, 0.2) is 0 Å². The highest BCUT2D eigenvalue weighted by molar-refractivity contribution is 5.82. The first-order chi connectivity index (χ1) is 8.16. The zero-order valence-corrected chi connectivity index (χ0v) is 11.2. The van der Waals surface area contributed by atoms with E-state index in [2.05, 4.69) is 24.1 Å². The van der Waals surface area contributed by atoms with Gasteiger partial charge in [0, 0.05) is 13.1 Å². The van der Waals surface area contributed by atoms with Gasteiger partial charge in [0.15, 0.2) is 0 Å². The Morgan fingerprint density at radius 3 is 2.82 bits per heavy atom. The zero-order chi connectivity index (χ0) is 12.3. The van der Waals surface area contributed by atoms with Crippen molar-refractivity contribution in [3.05, 3.63) is 0 Å². The van der Waals surface area contributed by atoms with Crippen molar-refractivity contribution in [3.8, 4) is 0 Å². The molecule has 2 saturated heterocycles. The molecule has 2 aliphatic rings. The summed E-state index contributed by atoms with van der Waals surface area (Å²) in [7, 11) is 0. The second kappa shape index (κ2) is 5.85. The van der Waals surface area contributed by atoms with Crippen molar-refractivity contribution in [1.82, 2.24) is 10.2 Å². The van der Waals surface area contributed by atoms with Gasteiger partial charge in [0.2, 0.25) is 5.91 Å². The van der Waals surface area contributed by atoms with Crippen molar-refractivity contribution in [2.45, 2.75) is 52.0 Å². The van der Waals surface area contributed by atoms with Gasteiger partial charge in [0.25, 0.3) is 0 Å². The molecular formula is C14H26N2O. The van der Waals surface area contributed by atoms with Gasteiger partial charge in [-0.2, -0.15) is 0 Å². The van der Waals surface area contributed by atoms with Gasteiger partial charge < -0.3 is 10.2 Å². The number of nitrogens with one attached hydrogen (secondary N) is 1. The summed E-state index contributed by atoms with van der Waals surface area (Å²) in [5.74, 6) is 1.84. The van der Waals surface area contributed by atoms with Crippen LogP contribution in [0.1, 0.15) is 46.0 Å². The minimum Gasteiger partial charge on any atom is -0.341 e. The van der Waals surface area contributed by atoms with Crippen molar-refractivity contribution in [2.24, 2.45) is 11.8 Å². The van der Waals surface area contributed by atoms with Gasteiger partial charge in [-0.1, -0.05) is 13.8 Å². The number of carbonyl (C=O) groups is 1. The first-order valence-electron chi connectivity index (χ1n) is 7.19. The van der Waals surface area contributed by atoms with Crippen LogP contribution < -0.4 is 5.32 Å². The Bertz CT molecular complexity index is 259. The summed E-state index contributed by atoms with van der Waals surface area (Å²) in [5.41, 5.74) is 0. The van der Waals surface area contributed by atoms with Gasteiger partial charge in [-0.3, -0.25) is 4.79 Å². The van der Waals surface area contributed by atoms with Crippen LogP contribution in [0.2, 0.25) is 0 Å². The van der Waals surface area contributed by atoms with Gasteiger partial charge in [-0.25, -0.2) is 0 Å². The van der Waals surface area contributed by atoms with Crippen LogP contribution in [0.4, 0.5) is 0 Å². The quantitative estimate of drug-likeness (QED) is 0.816. The van der Waals surface area contributed by atoms with Gasteiger partial charge in [0.05, 0.1) is 6.04 Å². The lowest BCUT2D eigenvalue weighted by Crippen LogP contribution is -2.48. The SMILES string of the molecule is CC(C)CC1CCCN(C(=O)C2CCCN2)C1. The van der Waals surface area contributed by atoms with Crippen molar-refractivity contribution >= 4 is 5.91 Å². The van der Waals surface area contributed by atoms with E-state index in [-0.39, 0.29) is 6.04 Å². The molecule has 0 saturated carbocycles. The van der Waals surface area contributed by atoms with E-state index < -0.39 is 0 Å². The second-order valence-corrected chi connectivity index (χ2v) is 6.07. The van der Waals surface area contributed by atoms with E-state index in [0.29, 0.717) is 5.91 Å². The Morgan fingerprint density at radius 1 is 1.35 bits per heavy atom. The first-order valence-corrected chi connectivity index (χ1v) is 7.19. The number of carbonyl (C=O) groups excluding carboxylic acids is 1. The Morgan fingerprint density at radius 2 is 2.18 bits per heavy atom. The van der Waals surface area contributed by atoms with Gasteiger partial charge >= 0.3 is 0 Å². The number of likely N-dealkylation sites (tertiary alicyclic amines) is 1. The lowest BCUT2D eigenvalue weighted by molar-refractivity contribution is -0.135. The lowest BCUT2D eigenvalue weighted by Gasteiger charge is -2.35. The molecule has 0 aliphatic carbocycles. The van der Waals surface area contributed by atoms with E-state index in [4.69, 9.17) is 0 Å². The van der Waals surface area contributed by atoms with E-state index in [1.54, 1.807) is 0 Å². The fraction of sp³-hybridized carbons (Fsp3) is 0.929. The van der Waals surface area contributed by atoms with Crippen LogP contribution in [0.3, 0.4) is 0 Å². The van der Waals surface area contributed by atoms with Gasteiger partial charge in [0.1, 0.15) is 0 Å². The number of piperidine rings is 1. The van der Waals surface area contributed by atoms with E-state index in [9.17, 15) is 4.79 Å². The summed E-state index contributed by atoms with van der Waals surface area (Å²) in [6.07, 6.45) is 5.95. The summed E-state index contributed by atoms with van der Waals surface area (Å²) >= 11 is 0. The molecule has 2 aliphatic heterocycles. The summed E-state index contributed by atoms with van der Waals surface area (Å²) in [6, 6.07) is 0.118. The van der Waals surface area contributed by atoms with E-state index in [1.165, 1.54) is 19.3 Å². The molecule has 0 aromatic rings. The van der Waals surface area contributed by atoms with Crippen molar-refractivity contribution in [3.63, 3.8) is 0 Å². The van der Waals surface area contributed by atoms with Crippen LogP contribution in [0.5, 0.6) is 0 Å². The highest BCUT2D eigenvalue weighted by Crippen LogP contribution is 2.24. The number of hydrogen-bond donors (Lipinski definition) is 1. The molecule has 0 aromatic heterocycles. The third kappa shape index (κ3) is 3.44. The van der Waals surface area contributed by atoms with Crippen molar-refractivity contribution < 1.29 is 4.79 Å². The van der Waals surface area contributed by atoms with Gasteiger partial charge in [-0.15, -0.1) is 0 Å². The lowest BCUT2D eigenvalue weighted by atomic mass is 9.89. The summed E-state index contributed by atoms with van der Waals surface area (Å²) in [4.78, 5) is 14.4. The molecule has 2 fully saturated rings. The minimum atomic E-state index is 0.118. The molecule has 0 spiro atoms. The fourth-order valence-corrected chi connectivity index (χ4v) is 3.24. The molecular weight excluding hydrogens is 212 g/mol. The Balaban J connectivity index is 1.85. The van der Waals surface area contributed by atoms with Crippen molar-refractivity contribution in [2.75, 3.05) is 19.6 Å². The molecule has 2 unspecified atom stereocenters. The summed E-state index contributed by atoms with van der Waals surface area (Å²) < 4.78 is 0. The molecule has 3 heteroatoms. The van der Waals surface area contributed by atoms with E-state index in [1.807, 2.05) is 0 Å². The monoisotopic (exact) mass is 238 g/mol. The first kappa shape index (κ1) is 12.9. The molecule has 3 nitrogen and oxygen atoms in total. The number of amides is 1. The second-order valence-electron chi connectivity index (χ2n) is 6.07. The van der Waals surface area contributed by atoms with Crippen LogP contribution >= 0.6 is 0 Å². The molecule has 17 heavy (non-hydrogen) atoms. The molecule has 1 N–H and O–H groups in total. The molecule has 1 amide bonds. The van der Waals surface area contributed by atoms with Crippen molar-refractivity contribution in [1.29, 1.82) is 0 Å². The normalized spacial score (nSPS) is 29.9. The van der Waals surface area contributed by atoms with Gasteiger partial charge in [-0.05, 0) is 50.5 Å². The van der Waals surface area contributed by atoms with Crippen LogP contribution in [0, 0.1) is 11.8 Å². The highest BCUT2D eigenvalue weighted by atomic mass is 16.2. The molecule has 0 radical (unpaired) electrons. The molecule has 2 rings (SSSR count). The topological polar surface area (TPSA) is 32.3 Å². The predicted molar refractivity (Wildman–Crippen MR) is 69.8 cm³/mol. The fourth-order valence-electron chi connectivity index (χ4n) is 3.24. The van der Waals surface area contributed by atoms with Crippen LogP contribution in [0.25, 0.3) is 0 Å². The average Bonchev–Trinajstić information content (AvgIpc) is 2.81. The third-order valence-electron chi connectivity index (χ3n) is 3.99. The maximum Gasteiger partial charge on any atom is 0.239 e. The van der Waals surface area contributed by atoms with Crippen LogP contribution in [-0.4, -0.2) is 36.5 Å². The Hall–Kier alpha value is -0.570. The zero-order valence-electron chi connectivity index (χ0n) is 11.2. The molecule has 98 valence electrons. The number of hydrogen-bond acceptors (Lipinski definition) is 2. The molecule has 0 aromatic carbocycles. The maximum absolute atomic E-state index is 12.3. The van der Waals surface area contributed by atoms with E-state index in [0.717, 1.165) is 44.3 Å². The smallest absolute Gasteiger partial charge is 0.239 e. The molecule has 0 bridgehead atoms. The molecule has 2 heterocycles. The Kier molecular flexibility index (Phi) is 4.43. The minimum absolute atomic E-state index is 0.118. The summed E-state index contributed by atoms with van der Waals surface area (Å²) in [6.45, 7) is 7.54. The average molecular weight is 238 g/mol. The van der Waals surface area contributed by atoms with Crippen LogP contribution in [-0.2, 0) is 4.79 Å². The Labute approximate surface area is 105 Å². The predicted octanol–water partition coefficient (Wildman–Crippen LogP) is 2.02. The maximum atomic E-state index is 12.3. The largest absolute Gasteiger partial charge is 0.341 e. The van der Waals surface area contributed by atoms with E-state index >= 15 is 0 Å². The third-order valence-corrected chi connectivity index (χ3v) is 3.99. The number of nitrogens with zero attached hydrogens (tertiary/aromatic N) is 1. The summed E-state index contributed by atoms with van der Waals surface area (Å²) in [5, 5.41) is 3.32. The molecule has 2 atom stereocenters. The highest BCUT2D eigenvalue weighted by Gasteiger charge is 2.30.